The summed E-state index contributed by atoms with van der Waals surface area (Å²) in [6.07, 6.45) is 6.45. The average molecular weight is 575 g/mol. The van der Waals surface area contributed by atoms with Crippen LogP contribution in [0.25, 0.3) is 0 Å². The summed E-state index contributed by atoms with van der Waals surface area (Å²) in [5.41, 5.74) is 1.05. The summed E-state index contributed by atoms with van der Waals surface area (Å²) in [7, 11) is 1.67. The highest BCUT2D eigenvalue weighted by molar-refractivity contribution is 14.0. The molecule has 1 aliphatic heterocycles. The van der Waals surface area contributed by atoms with Crippen LogP contribution in [0.5, 0.6) is 11.5 Å². The topological polar surface area (TPSA) is 84.4 Å². The summed E-state index contributed by atoms with van der Waals surface area (Å²) >= 11 is 0. The van der Waals surface area contributed by atoms with E-state index < -0.39 is 0 Å². The first-order valence-electron chi connectivity index (χ1n) is 11.9. The van der Waals surface area contributed by atoms with Gasteiger partial charge in [0, 0.05) is 37.3 Å². The van der Waals surface area contributed by atoms with E-state index in [4.69, 9.17) is 19.2 Å². The summed E-state index contributed by atoms with van der Waals surface area (Å²) < 4.78 is 16.8. The number of rotatable bonds is 8. The molecule has 186 valence electrons. The van der Waals surface area contributed by atoms with Gasteiger partial charge in [-0.3, -0.25) is 0 Å². The number of carbonyl (C=O) groups excluding carboxylic acids is 1. The highest BCUT2D eigenvalue weighted by Gasteiger charge is 2.24. The van der Waals surface area contributed by atoms with Gasteiger partial charge in [0.1, 0.15) is 11.5 Å². The van der Waals surface area contributed by atoms with Crippen LogP contribution in [-0.2, 0) is 11.3 Å². The number of nitrogens with one attached hydrogen (secondary N) is 2. The van der Waals surface area contributed by atoms with Gasteiger partial charge in [-0.2, -0.15) is 0 Å². The number of guanidine groups is 1. The molecule has 9 heteroatoms. The largest absolute Gasteiger partial charge is 0.497 e. The number of methoxy groups -OCH3 is 1. The van der Waals surface area contributed by atoms with E-state index in [1.807, 2.05) is 25.1 Å². The quantitative estimate of drug-likeness (QED) is 0.274. The Balaban J connectivity index is 0.00000385. The molecule has 33 heavy (non-hydrogen) atoms. The zero-order chi connectivity index (χ0) is 22.8. The number of piperidine rings is 1. The minimum Gasteiger partial charge on any atom is -0.497 e. The first kappa shape index (κ1) is 27.3. The smallest absolute Gasteiger partial charge is 0.409 e. The average Bonchev–Trinajstić information content (AvgIpc) is 3.32. The van der Waals surface area contributed by atoms with Crippen LogP contribution in [-0.4, -0.2) is 62.4 Å². The lowest BCUT2D eigenvalue weighted by molar-refractivity contribution is 0.0963. The van der Waals surface area contributed by atoms with Gasteiger partial charge in [-0.05, 0) is 64.5 Å². The SMILES string of the molecule is CCNC(=NCc1ccc(OC)cc1OC1CCCC1)NC1CCN(C(=O)OCC)CC1.I. The van der Waals surface area contributed by atoms with Crippen LogP contribution in [0.3, 0.4) is 0 Å². The third kappa shape index (κ3) is 8.42. The molecule has 2 N–H and O–H groups in total. The molecule has 0 atom stereocenters. The van der Waals surface area contributed by atoms with E-state index in [0.717, 1.165) is 55.3 Å². The maximum absolute atomic E-state index is 11.9. The second-order valence-electron chi connectivity index (χ2n) is 8.30. The second-order valence-corrected chi connectivity index (χ2v) is 8.30. The van der Waals surface area contributed by atoms with E-state index in [9.17, 15) is 4.79 Å². The van der Waals surface area contributed by atoms with Gasteiger partial charge >= 0.3 is 6.09 Å². The Bertz CT molecular complexity index is 763. The standard InChI is InChI=1S/C24H38N4O4.HI/c1-4-25-23(27-19-12-14-28(15-13-19)24(29)31-5-2)26-17-18-10-11-21(30-3)16-22(18)32-20-8-6-7-9-20;/h10-11,16,19-20H,4-9,12-15,17H2,1-3H3,(H2,25,26,27);1H. The normalized spacial score (nSPS) is 17.3. The van der Waals surface area contributed by atoms with Crippen LogP contribution in [0.15, 0.2) is 23.2 Å². The molecule has 2 fully saturated rings. The monoisotopic (exact) mass is 574 g/mol. The molecule has 0 radical (unpaired) electrons. The predicted octanol–water partition coefficient (Wildman–Crippen LogP) is 4.31. The summed E-state index contributed by atoms with van der Waals surface area (Å²) in [4.78, 5) is 18.5. The van der Waals surface area contributed by atoms with Gasteiger partial charge < -0.3 is 29.7 Å². The van der Waals surface area contributed by atoms with Gasteiger partial charge in [-0.15, -0.1) is 24.0 Å². The number of aliphatic imine (C=N–C) groups is 1. The fourth-order valence-corrected chi connectivity index (χ4v) is 4.19. The van der Waals surface area contributed by atoms with Crippen LogP contribution in [0.2, 0.25) is 0 Å². The van der Waals surface area contributed by atoms with Gasteiger partial charge in [-0.25, -0.2) is 9.79 Å². The molecule has 1 amide bonds. The Labute approximate surface area is 214 Å². The molecule has 2 aliphatic rings. The Morgan fingerprint density at radius 2 is 1.88 bits per heavy atom. The molecular formula is C24H39IN4O4. The maximum atomic E-state index is 11.9. The Morgan fingerprint density at radius 3 is 2.52 bits per heavy atom. The molecule has 1 saturated carbocycles. The maximum Gasteiger partial charge on any atom is 0.409 e. The summed E-state index contributed by atoms with van der Waals surface area (Å²) in [5.74, 6) is 2.44. The molecule has 1 saturated heterocycles. The highest BCUT2D eigenvalue weighted by Crippen LogP contribution is 2.30. The highest BCUT2D eigenvalue weighted by atomic mass is 127. The van der Waals surface area contributed by atoms with Crippen LogP contribution in [0.1, 0.15) is 57.9 Å². The number of hydrogen-bond acceptors (Lipinski definition) is 5. The van der Waals surface area contributed by atoms with Crippen LogP contribution < -0.4 is 20.1 Å². The lowest BCUT2D eigenvalue weighted by atomic mass is 10.1. The van der Waals surface area contributed by atoms with Crippen molar-refractivity contribution in [1.29, 1.82) is 0 Å². The molecule has 1 aromatic rings. The van der Waals surface area contributed by atoms with E-state index in [2.05, 4.69) is 17.6 Å². The Kier molecular flexibility index (Phi) is 11.9. The molecule has 3 rings (SSSR count). The van der Waals surface area contributed by atoms with Crippen LogP contribution in [0.4, 0.5) is 4.79 Å². The lowest BCUT2D eigenvalue weighted by Gasteiger charge is -2.32. The molecule has 1 heterocycles. The molecule has 8 nitrogen and oxygen atoms in total. The first-order valence-corrected chi connectivity index (χ1v) is 11.9. The number of benzene rings is 1. The van der Waals surface area contributed by atoms with E-state index in [1.165, 1.54) is 12.8 Å². The van der Waals surface area contributed by atoms with E-state index >= 15 is 0 Å². The Hall–Kier alpha value is -1.91. The molecule has 1 aromatic carbocycles. The first-order chi connectivity index (χ1) is 15.6. The van der Waals surface area contributed by atoms with Gasteiger partial charge in [0.05, 0.1) is 26.4 Å². The van der Waals surface area contributed by atoms with E-state index in [0.29, 0.717) is 26.2 Å². The third-order valence-electron chi connectivity index (χ3n) is 5.98. The zero-order valence-corrected chi connectivity index (χ0v) is 22.4. The van der Waals surface area contributed by atoms with Crippen molar-refractivity contribution < 1.29 is 19.0 Å². The third-order valence-corrected chi connectivity index (χ3v) is 5.98. The second kappa shape index (κ2) is 14.4. The number of likely N-dealkylation sites (tertiary alicyclic amines) is 1. The molecule has 0 aromatic heterocycles. The summed E-state index contributed by atoms with van der Waals surface area (Å²) in [6.45, 7) is 6.97. The van der Waals surface area contributed by atoms with Gasteiger partial charge in [0.2, 0.25) is 0 Å². The van der Waals surface area contributed by atoms with Gasteiger partial charge in [0.25, 0.3) is 0 Å². The number of ether oxygens (including phenoxy) is 3. The Morgan fingerprint density at radius 1 is 1.15 bits per heavy atom. The number of carbonyl (C=O) groups is 1. The fourth-order valence-electron chi connectivity index (χ4n) is 4.19. The van der Waals surface area contributed by atoms with E-state index in [1.54, 1.807) is 12.0 Å². The molecule has 1 aliphatic carbocycles. The number of hydrogen-bond donors (Lipinski definition) is 2. The minimum atomic E-state index is -0.221. The van der Waals surface area contributed by atoms with Crippen molar-refractivity contribution in [3.8, 4) is 11.5 Å². The van der Waals surface area contributed by atoms with Crippen molar-refractivity contribution in [1.82, 2.24) is 15.5 Å². The molecule has 0 spiro atoms. The number of amides is 1. The predicted molar refractivity (Wildman–Crippen MR) is 141 cm³/mol. The molecule has 0 unspecified atom stereocenters. The van der Waals surface area contributed by atoms with Crippen LogP contribution >= 0.6 is 24.0 Å². The van der Waals surface area contributed by atoms with Crippen molar-refractivity contribution in [2.75, 3.05) is 33.4 Å². The van der Waals surface area contributed by atoms with Crippen molar-refractivity contribution in [2.24, 2.45) is 4.99 Å². The summed E-state index contributed by atoms with van der Waals surface area (Å²) in [6, 6.07) is 6.23. The fraction of sp³-hybridized carbons (Fsp3) is 0.667. The van der Waals surface area contributed by atoms with E-state index in [-0.39, 0.29) is 42.2 Å². The summed E-state index contributed by atoms with van der Waals surface area (Å²) in [5, 5.41) is 6.87. The van der Waals surface area contributed by atoms with Gasteiger partial charge in [0.15, 0.2) is 5.96 Å². The molecular weight excluding hydrogens is 535 g/mol. The number of halogens is 1. The van der Waals surface area contributed by atoms with Crippen molar-refractivity contribution in [3.63, 3.8) is 0 Å². The van der Waals surface area contributed by atoms with Crippen molar-refractivity contribution in [2.45, 2.75) is 71.1 Å². The van der Waals surface area contributed by atoms with Gasteiger partial charge in [-0.1, -0.05) is 0 Å². The lowest BCUT2D eigenvalue weighted by Crippen LogP contribution is -2.49. The van der Waals surface area contributed by atoms with Crippen LogP contribution in [0, 0.1) is 0 Å². The van der Waals surface area contributed by atoms with Crippen molar-refractivity contribution >= 4 is 36.0 Å². The molecule has 0 bridgehead atoms. The number of nitrogens with zero attached hydrogens (tertiary/aromatic N) is 2. The zero-order valence-electron chi connectivity index (χ0n) is 20.1. The minimum absolute atomic E-state index is 0. The van der Waals surface area contributed by atoms with Crippen molar-refractivity contribution in [3.05, 3.63) is 23.8 Å².